The number of alkyl halides is 3. The third-order valence-electron chi connectivity index (χ3n) is 3.88. The van der Waals surface area contributed by atoms with Gasteiger partial charge in [-0.15, -0.1) is 0 Å². The average Bonchev–Trinajstić information content (AvgIpc) is 2.79. The molecule has 0 aliphatic heterocycles. The lowest BCUT2D eigenvalue weighted by Gasteiger charge is -2.09. The maximum atomic E-state index is 12.6. The minimum Gasteiger partial charge on any atom is -0.330 e. The summed E-state index contributed by atoms with van der Waals surface area (Å²) in [6.07, 6.45) is -4.27. The Balaban J connectivity index is 2.30. The Hall–Kier alpha value is -1.03. The fraction of sp³-hybridized carbons (Fsp3) is 0.538. The van der Waals surface area contributed by atoms with E-state index in [1.807, 2.05) is 0 Å². The molecule has 0 aromatic heterocycles. The number of hydrogen-bond acceptors (Lipinski definition) is 1. The van der Waals surface area contributed by atoms with E-state index in [0.717, 1.165) is 11.6 Å². The molecule has 1 aromatic carbocycles. The molecule has 0 saturated heterocycles. The van der Waals surface area contributed by atoms with Crippen LogP contribution in [0.4, 0.5) is 13.2 Å². The number of nitrogens with two attached hydrogens (primary N) is 1. The molecule has 2 N–H and O–H groups in total. The Bertz CT molecular complexity index is 423. The molecule has 1 aliphatic rings. The minimum atomic E-state index is -4.27. The van der Waals surface area contributed by atoms with Gasteiger partial charge in [0.05, 0.1) is 5.56 Å². The Morgan fingerprint density at radius 2 is 1.94 bits per heavy atom. The Labute approximate surface area is 98.8 Å². The predicted molar refractivity (Wildman–Crippen MR) is 60.5 cm³/mol. The number of hydrogen-bond donors (Lipinski definition) is 1. The van der Waals surface area contributed by atoms with Crippen molar-refractivity contribution < 1.29 is 13.2 Å². The molecule has 1 aromatic rings. The molecule has 0 radical (unpaired) electrons. The SMILES string of the molecule is CC1(C)C(CN)C1c1cccc(C(F)(F)F)c1. The average molecular weight is 243 g/mol. The van der Waals surface area contributed by atoms with Gasteiger partial charge in [-0.25, -0.2) is 0 Å². The maximum Gasteiger partial charge on any atom is 0.416 e. The quantitative estimate of drug-likeness (QED) is 0.846. The van der Waals surface area contributed by atoms with Crippen molar-refractivity contribution in [1.82, 2.24) is 0 Å². The largest absolute Gasteiger partial charge is 0.416 e. The van der Waals surface area contributed by atoms with Gasteiger partial charge in [0.1, 0.15) is 0 Å². The third kappa shape index (κ3) is 2.06. The van der Waals surface area contributed by atoms with E-state index < -0.39 is 11.7 Å². The minimum absolute atomic E-state index is 0.0129. The van der Waals surface area contributed by atoms with Gasteiger partial charge in [0.2, 0.25) is 0 Å². The summed E-state index contributed by atoms with van der Waals surface area (Å²) in [5.74, 6) is 0.431. The van der Waals surface area contributed by atoms with E-state index in [0.29, 0.717) is 6.54 Å². The van der Waals surface area contributed by atoms with Crippen LogP contribution >= 0.6 is 0 Å². The zero-order chi connectivity index (χ0) is 12.8. The van der Waals surface area contributed by atoms with Crippen molar-refractivity contribution in [1.29, 1.82) is 0 Å². The molecule has 2 unspecified atom stereocenters. The second kappa shape index (κ2) is 3.73. The summed E-state index contributed by atoms with van der Waals surface area (Å²) in [6, 6.07) is 5.59. The van der Waals surface area contributed by atoms with Crippen LogP contribution in [0.3, 0.4) is 0 Å². The van der Waals surface area contributed by atoms with Crippen molar-refractivity contribution in [2.75, 3.05) is 6.54 Å². The zero-order valence-electron chi connectivity index (χ0n) is 9.88. The normalized spacial score (nSPS) is 26.9. The van der Waals surface area contributed by atoms with Crippen LogP contribution in [0.2, 0.25) is 0 Å². The smallest absolute Gasteiger partial charge is 0.330 e. The molecule has 1 fully saturated rings. The van der Waals surface area contributed by atoms with Crippen LogP contribution in [0, 0.1) is 11.3 Å². The Morgan fingerprint density at radius 3 is 2.41 bits per heavy atom. The van der Waals surface area contributed by atoms with Gasteiger partial charge in [0.25, 0.3) is 0 Å². The van der Waals surface area contributed by atoms with E-state index in [1.165, 1.54) is 12.1 Å². The van der Waals surface area contributed by atoms with Gasteiger partial charge in [-0.05, 0) is 35.4 Å². The molecule has 1 nitrogen and oxygen atoms in total. The molecule has 2 rings (SSSR count). The van der Waals surface area contributed by atoms with Crippen molar-refractivity contribution in [3.8, 4) is 0 Å². The van der Waals surface area contributed by atoms with Crippen molar-refractivity contribution >= 4 is 0 Å². The van der Waals surface area contributed by atoms with Crippen LogP contribution < -0.4 is 5.73 Å². The molecule has 4 heteroatoms. The first kappa shape index (κ1) is 12.4. The molecule has 94 valence electrons. The summed E-state index contributed by atoms with van der Waals surface area (Å²) in [7, 11) is 0. The summed E-state index contributed by atoms with van der Waals surface area (Å²) >= 11 is 0. The van der Waals surface area contributed by atoms with Gasteiger partial charge >= 0.3 is 6.18 Å². The fourth-order valence-electron chi connectivity index (χ4n) is 2.75. The first-order valence-electron chi connectivity index (χ1n) is 5.65. The van der Waals surface area contributed by atoms with E-state index >= 15 is 0 Å². The summed E-state index contributed by atoms with van der Waals surface area (Å²) in [6.45, 7) is 4.62. The molecule has 0 heterocycles. The summed E-state index contributed by atoms with van der Waals surface area (Å²) in [4.78, 5) is 0. The fourth-order valence-corrected chi connectivity index (χ4v) is 2.75. The van der Waals surface area contributed by atoms with Crippen molar-refractivity contribution in [2.45, 2.75) is 25.9 Å². The van der Waals surface area contributed by atoms with E-state index in [-0.39, 0.29) is 17.3 Å². The molecular weight excluding hydrogens is 227 g/mol. The highest BCUT2D eigenvalue weighted by Gasteiger charge is 2.57. The number of halogens is 3. The van der Waals surface area contributed by atoms with Crippen LogP contribution in [0.1, 0.15) is 30.9 Å². The van der Waals surface area contributed by atoms with Gasteiger partial charge in [-0.1, -0.05) is 32.0 Å². The second-order valence-corrected chi connectivity index (χ2v) is 5.26. The molecular formula is C13H16F3N. The molecule has 0 spiro atoms. The highest BCUT2D eigenvalue weighted by Crippen LogP contribution is 2.63. The standard InChI is InChI=1S/C13H16F3N/c1-12(2)10(7-17)11(12)8-4-3-5-9(6-8)13(14,15)16/h3-6,10-11H,7,17H2,1-2H3. The van der Waals surface area contributed by atoms with Gasteiger partial charge < -0.3 is 5.73 Å². The van der Waals surface area contributed by atoms with Crippen LogP contribution in [0.5, 0.6) is 0 Å². The molecule has 1 aliphatic carbocycles. The number of benzene rings is 1. The molecule has 1 saturated carbocycles. The molecule has 2 atom stereocenters. The van der Waals surface area contributed by atoms with Crippen molar-refractivity contribution in [3.63, 3.8) is 0 Å². The van der Waals surface area contributed by atoms with Crippen LogP contribution in [0.15, 0.2) is 24.3 Å². The van der Waals surface area contributed by atoms with E-state index in [2.05, 4.69) is 13.8 Å². The summed E-state index contributed by atoms with van der Waals surface area (Å²) in [5.41, 5.74) is 5.83. The van der Waals surface area contributed by atoms with Crippen molar-refractivity contribution in [2.24, 2.45) is 17.1 Å². The maximum absolute atomic E-state index is 12.6. The first-order valence-corrected chi connectivity index (χ1v) is 5.65. The lowest BCUT2D eigenvalue weighted by molar-refractivity contribution is -0.137. The van der Waals surface area contributed by atoms with Crippen LogP contribution in [-0.2, 0) is 6.18 Å². The first-order chi connectivity index (χ1) is 7.78. The lowest BCUT2D eigenvalue weighted by atomic mass is 10.0. The van der Waals surface area contributed by atoms with Gasteiger partial charge in [0, 0.05) is 0 Å². The molecule has 17 heavy (non-hydrogen) atoms. The highest BCUT2D eigenvalue weighted by atomic mass is 19.4. The van der Waals surface area contributed by atoms with Crippen LogP contribution in [0.25, 0.3) is 0 Å². The van der Waals surface area contributed by atoms with E-state index in [1.54, 1.807) is 6.07 Å². The Kier molecular flexibility index (Phi) is 2.73. The Morgan fingerprint density at radius 1 is 1.29 bits per heavy atom. The van der Waals surface area contributed by atoms with E-state index in [9.17, 15) is 13.2 Å². The summed E-state index contributed by atoms with van der Waals surface area (Å²) in [5, 5.41) is 0. The van der Waals surface area contributed by atoms with Gasteiger partial charge in [-0.2, -0.15) is 13.2 Å². The van der Waals surface area contributed by atoms with Gasteiger partial charge in [-0.3, -0.25) is 0 Å². The van der Waals surface area contributed by atoms with Gasteiger partial charge in [0.15, 0.2) is 0 Å². The zero-order valence-corrected chi connectivity index (χ0v) is 9.88. The summed E-state index contributed by atoms with van der Waals surface area (Å²) < 4.78 is 37.8. The third-order valence-corrected chi connectivity index (χ3v) is 3.88. The predicted octanol–water partition coefficient (Wildman–Crippen LogP) is 3.40. The topological polar surface area (TPSA) is 26.0 Å². The number of rotatable bonds is 2. The highest BCUT2D eigenvalue weighted by molar-refractivity contribution is 5.35. The monoisotopic (exact) mass is 243 g/mol. The van der Waals surface area contributed by atoms with E-state index in [4.69, 9.17) is 5.73 Å². The molecule has 0 bridgehead atoms. The van der Waals surface area contributed by atoms with Crippen LogP contribution in [-0.4, -0.2) is 6.54 Å². The van der Waals surface area contributed by atoms with Crippen molar-refractivity contribution in [3.05, 3.63) is 35.4 Å². The second-order valence-electron chi connectivity index (χ2n) is 5.26. The lowest BCUT2D eigenvalue weighted by Crippen LogP contribution is -2.06. The molecule has 0 amide bonds.